The number of rotatable bonds is 1. The van der Waals surface area contributed by atoms with Crippen molar-refractivity contribution in [2.24, 2.45) is 5.41 Å². The van der Waals surface area contributed by atoms with Crippen molar-refractivity contribution < 1.29 is 19.4 Å². The number of ether oxygens (including phenoxy) is 1. The molecule has 0 saturated carbocycles. The third-order valence-corrected chi connectivity index (χ3v) is 3.49. The minimum atomic E-state index is -0.974. The first-order valence-corrected chi connectivity index (χ1v) is 6.20. The molecule has 2 atom stereocenters. The van der Waals surface area contributed by atoms with Gasteiger partial charge in [0.2, 0.25) is 0 Å². The summed E-state index contributed by atoms with van der Waals surface area (Å²) >= 11 is 0. The second-order valence-corrected chi connectivity index (χ2v) is 6.61. The smallest absolute Gasteiger partial charge is 0.411 e. The van der Waals surface area contributed by atoms with E-state index < -0.39 is 23.7 Å². The summed E-state index contributed by atoms with van der Waals surface area (Å²) < 4.78 is 5.29. The van der Waals surface area contributed by atoms with Gasteiger partial charge in [-0.2, -0.15) is 0 Å². The largest absolute Gasteiger partial charge is 0.480 e. The summed E-state index contributed by atoms with van der Waals surface area (Å²) in [4.78, 5) is 24.7. The van der Waals surface area contributed by atoms with E-state index in [0.29, 0.717) is 6.42 Å². The second kappa shape index (κ2) is 4.44. The van der Waals surface area contributed by atoms with Crippen molar-refractivity contribution in [3.05, 3.63) is 0 Å². The SMILES string of the molecule is C[C@@H]1N(C(=O)OC(C)(C)C)[C@H](C(=O)O)CC1(C)C. The molecule has 0 aromatic rings. The fourth-order valence-corrected chi connectivity index (χ4v) is 2.22. The molecule has 1 saturated heterocycles. The van der Waals surface area contributed by atoms with Gasteiger partial charge < -0.3 is 9.84 Å². The monoisotopic (exact) mass is 257 g/mol. The lowest BCUT2D eigenvalue weighted by molar-refractivity contribution is -0.142. The fourth-order valence-electron chi connectivity index (χ4n) is 2.22. The zero-order valence-electron chi connectivity index (χ0n) is 12.0. The molecule has 5 nitrogen and oxygen atoms in total. The normalized spacial score (nSPS) is 27.1. The van der Waals surface area contributed by atoms with Gasteiger partial charge in [0, 0.05) is 6.04 Å². The van der Waals surface area contributed by atoms with Gasteiger partial charge in [0.25, 0.3) is 0 Å². The zero-order valence-corrected chi connectivity index (χ0v) is 12.0. The van der Waals surface area contributed by atoms with Crippen LogP contribution in [0.4, 0.5) is 4.79 Å². The van der Waals surface area contributed by atoms with E-state index in [0.717, 1.165) is 0 Å². The fraction of sp³-hybridized carbons (Fsp3) is 0.846. The maximum absolute atomic E-state index is 12.1. The average Bonchev–Trinajstić information content (AvgIpc) is 2.35. The number of likely N-dealkylation sites (tertiary alicyclic amines) is 1. The second-order valence-electron chi connectivity index (χ2n) is 6.61. The van der Waals surface area contributed by atoms with Crippen LogP contribution in [0.2, 0.25) is 0 Å². The zero-order chi connectivity index (χ0) is 14.3. The van der Waals surface area contributed by atoms with Crippen LogP contribution in [0.5, 0.6) is 0 Å². The van der Waals surface area contributed by atoms with E-state index in [4.69, 9.17) is 4.74 Å². The predicted octanol–water partition coefficient (Wildman–Crippen LogP) is 2.50. The molecule has 0 spiro atoms. The van der Waals surface area contributed by atoms with Crippen molar-refractivity contribution in [1.82, 2.24) is 4.90 Å². The molecular weight excluding hydrogens is 234 g/mol. The molecule has 1 rings (SSSR count). The number of carboxylic acid groups (broad SMARTS) is 1. The van der Waals surface area contributed by atoms with Crippen molar-refractivity contribution in [2.75, 3.05) is 0 Å². The molecule has 1 N–H and O–H groups in total. The number of hydrogen-bond donors (Lipinski definition) is 1. The highest BCUT2D eigenvalue weighted by molar-refractivity contribution is 5.81. The lowest BCUT2D eigenvalue weighted by Gasteiger charge is -2.32. The van der Waals surface area contributed by atoms with Crippen molar-refractivity contribution in [1.29, 1.82) is 0 Å². The molecule has 1 amide bonds. The quantitative estimate of drug-likeness (QED) is 0.783. The van der Waals surface area contributed by atoms with Crippen LogP contribution in [-0.2, 0) is 9.53 Å². The molecule has 1 aliphatic rings. The summed E-state index contributed by atoms with van der Waals surface area (Å²) in [6, 6.07) is -0.960. The Hall–Kier alpha value is -1.26. The van der Waals surface area contributed by atoms with Gasteiger partial charge in [0.1, 0.15) is 11.6 Å². The van der Waals surface area contributed by atoms with Gasteiger partial charge in [-0.1, -0.05) is 13.8 Å². The van der Waals surface area contributed by atoms with E-state index >= 15 is 0 Å². The molecule has 0 unspecified atom stereocenters. The number of hydrogen-bond acceptors (Lipinski definition) is 3. The van der Waals surface area contributed by atoms with E-state index in [9.17, 15) is 14.7 Å². The number of amides is 1. The van der Waals surface area contributed by atoms with Crippen LogP contribution in [0.1, 0.15) is 48.0 Å². The molecule has 1 aliphatic heterocycles. The number of carbonyl (C=O) groups excluding carboxylic acids is 1. The highest BCUT2D eigenvalue weighted by Crippen LogP contribution is 2.40. The van der Waals surface area contributed by atoms with Gasteiger partial charge in [0.15, 0.2) is 0 Å². The topological polar surface area (TPSA) is 66.8 Å². The molecule has 0 aromatic carbocycles. The molecule has 1 fully saturated rings. The Morgan fingerprint density at radius 1 is 1.33 bits per heavy atom. The minimum absolute atomic E-state index is 0.159. The van der Waals surface area contributed by atoms with Crippen LogP contribution in [0.3, 0.4) is 0 Å². The molecular formula is C13H23NO4. The Labute approximate surface area is 108 Å². The molecule has 104 valence electrons. The number of carboxylic acids is 1. The molecule has 1 heterocycles. The van der Waals surface area contributed by atoms with Gasteiger partial charge in [-0.3, -0.25) is 4.90 Å². The van der Waals surface area contributed by atoms with Gasteiger partial charge in [-0.25, -0.2) is 9.59 Å². The third-order valence-electron chi connectivity index (χ3n) is 3.49. The van der Waals surface area contributed by atoms with E-state index in [1.807, 2.05) is 20.8 Å². The van der Waals surface area contributed by atoms with Gasteiger partial charge in [-0.05, 0) is 39.5 Å². The summed E-state index contributed by atoms with van der Waals surface area (Å²) in [6.45, 7) is 11.1. The molecule has 0 bridgehead atoms. The maximum Gasteiger partial charge on any atom is 0.411 e. The van der Waals surface area contributed by atoms with Crippen LogP contribution in [0, 0.1) is 5.41 Å². The lowest BCUT2D eigenvalue weighted by atomic mass is 9.84. The highest BCUT2D eigenvalue weighted by atomic mass is 16.6. The van der Waals surface area contributed by atoms with Crippen molar-refractivity contribution in [3.8, 4) is 0 Å². The van der Waals surface area contributed by atoms with Gasteiger partial charge >= 0.3 is 12.1 Å². The Kier molecular flexibility index (Phi) is 3.65. The summed E-state index contributed by atoms with van der Waals surface area (Å²) in [5.41, 5.74) is -0.841. The average molecular weight is 257 g/mol. The van der Waals surface area contributed by atoms with Gasteiger partial charge in [-0.15, -0.1) is 0 Å². The standard InChI is InChI=1S/C13H23NO4/c1-8-13(5,6)7-9(10(15)16)14(8)11(17)18-12(2,3)4/h8-9H,7H2,1-6H3,(H,15,16)/t8-,9-/m0/s1. The summed E-state index contributed by atoms with van der Waals surface area (Å²) in [5, 5.41) is 9.23. The number of aliphatic carboxylic acids is 1. The highest BCUT2D eigenvalue weighted by Gasteiger charge is 2.50. The van der Waals surface area contributed by atoms with E-state index in [1.54, 1.807) is 20.8 Å². The molecule has 5 heteroatoms. The molecule has 0 aliphatic carbocycles. The summed E-state index contributed by atoms with van der Waals surface area (Å²) in [6.07, 6.45) is -0.101. The Bertz CT molecular complexity index is 356. The van der Waals surface area contributed by atoms with Crippen LogP contribution in [0.15, 0.2) is 0 Å². The molecule has 0 aromatic heterocycles. The van der Waals surface area contributed by atoms with Crippen LogP contribution in [0.25, 0.3) is 0 Å². The van der Waals surface area contributed by atoms with Crippen LogP contribution < -0.4 is 0 Å². The first-order valence-electron chi connectivity index (χ1n) is 6.20. The molecule has 0 radical (unpaired) electrons. The molecule has 18 heavy (non-hydrogen) atoms. The van der Waals surface area contributed by atoms with Crippen molar-refractivity contribution >= 4 is 12.1 Å². The maximum atomic E-state index is 12.1. The van der Waals surface area contributed by atoms with E-state index in [-0.39, 0.29) is 11.5 Å². The number of carbonyl (C=O) groups is 2. The van der Waals surface area contributed by atoms with Gasteiger partial charge in [0.05, 0.1) is 0 Å². The van der Waals surface area contributed by atoms with E-state index in [2.05, 4.69) is 0 Å². The third kappa shape index (κ3) is 2.94. The van der Waals surface area contributed by atoms with Crippen LogP contribution >= 0.6 is 0 Å². The number of nitrogens with zero attached hydrogens (tertiary/aromatic N) is 1. The van der Waals surface area contributed by atoms with E-state index in [1.165, 1.54) is 4.90 Å². The Morgan fingerprint density at radius 3 is 2.22 bits per heavy atom. The first kappa shape index (κ1) is 14.8. The Balaban J connectivity index is 2.96. The van der Waals surface area contributed by atoms with Crippen LogP contribution in [-0.4, -0.2) is 39.8 Å². The van der Waals surface area contributed by atoms with Crippen molar-refractivity contribution in [2.45, 2.75) is 65.6 Å². The summed E-state index contributed by atoms with van der Waals surface area (Å²) in [7, 11) is 0. The predicted molar refractivity (Wildman–Crippen MR) is 67.4 cm³/mol. The lowest BCUT2D eigenvalue weighted by Crippen LogP contribution is -2.47. The summed E-state index contributed by atoms with van der Waals surface area (Å²) in [5.74, 6) is -0.974. The Morgan fingerprint density at radius 2 is 1.83 bits per heavy atom. The first-order chi connectivity index (χ1) is 7.96. The minimum Gasteiger partial charge on any atom is -0.480 e. The van der Waals surface area contributed by atoms with Crippen molar-refractivity contribution in [3.63, 3.8) is 0 Å².